The van der Waals surface area contributed by atoms with Crippen LogP contribution in [0.3, 0.4) is 0 Å². The van der Waals surface area contributed by atoms with E-state index in [1.807, 2.05) is 52.0 Å². The maximum Gasteiger partial charge on any atom is 0.273 e. The van der Waals surface area contributed by atoms with Crippen molar-refractivity contribution in [3.63, 3.8) is 0 Å². The Kier molecular flexibility index (Phi) is 3.66. The molecular weight excluding hydrogens is 252 g/mol. The van der Waals surface area contributed by atoms with E-state index < -0.39 is 0 Å². The zero-order valence-electron chi connectivity index (χ0n) is 12.6. The Morgan fingerprint density at radius 2 is 1.70 bits per heavy atom. The molecule has 1 aromatic carbocycles. The van der Waals surface area contributed by atoms with Crippen LogP contribution in [0.1, 0.15) is 31.9 Å². The second-order valence-corrected chi connectivity index (χ2v) is 5.94. The van der Waals surface area contributed by atoms with Gasteiger partial charge >= 0.3 is 0 Å². The van der Waals surface area contributed by atoms with Crippen LogP contribution in [0.4, 0.5) is 0 Å². The smallest absolute Gasteiger partial charge is 0.273 e. The van der Waals surface area contributed by atoms with Crippen LogP contribution in [0.25, 0.3) is 0 Å². The normalized spacial score (nSPS) is 11.4. The highest BCUT2D eigenvalue weighted by molar-refractivity contribution is 5.34. The molecule has 0 N–H and O–H groups in total. The third kappa shape index (κ3) is 2.90. The summed E-state index contributed by atoms with van der Waals surface area (Å²) in [4.78, 5) is 12.3. The summed E-state index contributed by atoms with van der Waals surface area (Å²) in [6, 6.07) is 7.69. The molecule has 4 heteroatoms. The fourth-order valence-electron chi connectivity index (χ4n) is 1.84. The largest absolute Gasteiger partial charge is 0.455 e. The van der Waals surface area contributed by atoms with Gasteiger partial charge in [-0.15, -0.1) is 0 Å². The van der Waals surface area contributed by atoms with E-state index in [1.54, 1.807) is 13.1 Å². The fraction of sp³-hybridized carbons (Fsp3) is 0.375. The summed E-state index contributed by atoms with van der Waals surface area (Å²) in [7, 11) is 0. The molecular formula is C16H20N2O2. The van der Waals surface area contributed by atoms with Crippen LogP contribution in [0.2, 0.25) is 0 Å². The number of benzene rings is 1. The maximum absolute atomic E-state index is 12.3. The fourth-order valence-corrected chi connectivity index (χ4v) is 1.84. The Morgan fingerprint density at radius 3 is 2.25 bits per heavy atom. The van der Waals surface area contributed by atoms with Gasteiger partial charge in [-0.1, -0.05) is 17.7 Å². The van der Waals surface area contributed by atoms with Crippen molar-refractivity contribution in [1.82, 2.24) is 9.78 Å². The van der Waals surface area contributed by atoms with Crippen molar-refractivity contribution in [3.05, 3.63) is 51.9 Å². The minimum Gasteiger partial charge on any atom is -0.455 e. The molecule has 0 aliphatic heterocycles. The quantitative estimate of drug-likeness (QED) is 0.841. The summed E-state index contributed by atoms with van der Waals surface area (Å²) in [5.74, 6) is 1.20. The van der Waals surface area contributed by atoms with Gasteiger partial charge in [0, 0.05) is 0 Å². The van der Waals surface area contributed by atoms with Crippen molar-refractivity contribution in [2.75, 3.05) is 0 Å². The van der Waals surface area contributed by atoms with E-state index in [2.05, 4.69) is 5.10 Å². The molecule has 0 saturated heterocycles. The van der Waals surface area contributed by atoms with Crippen LogP contribution in [-0.4, -0.2) is 9.78 Å². The second-order valence-electron chi connectivity index (χ2n) is 5.94. The molecule has 106 valence electrons. The molecule has 0 atom stereocenters. The van der Waals surface area contributed by atoms with Gasteiger partial charge in [0.2, 0.25) is 0 Å². The first-order valence-electron chi connectivity index (χ1n) is 6.63. The molecule has 0 aliphatic rings. The number of nitrogens with zero attached hydrogens (tertiary/aromatic N) is 2. The van der Waals surface area contributed by atoms with E-state index in [4.69, 9.17) is 4.74 Å². The van der Waals surface area contributed by atoms with Gasteiger partial charge in [0.1, 0.15) is 5.75 Å². The summed E-state index contributed by atoms with van der Waals surface area (Å²) < 4.78 is 7.21. The van der Waals surface area contributed by atoms with Gasteiger partial charge in [-0.05, 0) is 46.8 Å². The van der Waals surface area contributed by atoms with E-state index >= 15 is 0 Å². The van der Waals surface area contributed by atoms with Crippen molar-refractivity contribution in [2.45, 2.75) is 40.2 Å². The second kappa shape index (κ2) is 5.12. The molecule has 2 rings (SSSR count). The minimum absolute atomic E-state index is 0.123. The Bertz CT molecular complexity index is 664. The monoisotopic (exact) mass is 272 g/mol. The van der Waals surface area contributed by atoms with Crippen LogP contribution < -0.4 is 10.3 Å². The van der Waals surface area contributed by atoms with Crippen molar-refractivity contribution < 1.29 is 4.74 Å². The standard InChI is InChI=1S/C16H20N2O2/c1-11-6-8-13(9-7-11)20-14-10-17-18(16(3,4)5)15(19)12(14)2/h6-10H,1-5H3. The number of aromatic nitrogens is 2. The van der Waals surface area contributed by atoms with E-state index in [0.29, 0.717) is 17.1 Å². The van der Waals surface area contributed by atoms with Gasteiger partial charge in [-0.3, -0.25) is 4.79 Å². The van der Waals surface area contributed by atoms with Crippen LogP contribution in [-0.2, 0) is 5.54 Å². The molecule has 2 aromatic rings. The average Bonchev–Trinajstić information content (AvgIpc) is 2.36. The number of hydrogen-bond acceptors (Lipinski definition) is 3. The maximum atomic E-state index is 12.3. The molecule has 0 fully saturated rings. The number of ether oxygens (including phenoxy) is 1. The van der Waals surface area contributed by atoms with Crippen molar-refractivity contribution >= 4 is 0 Å². The highest BCUT2D eigenvalue weighted by atomic mass is 16.5. The third-order valence-corrected chi connectivity index (χ3v) is 3.06. The predicted octanol–water partition coefficient (Wildman–Crippen LogP) is 3.41. The summed E-state index contributed by atoms with van der Waals surface area (Å²) in [6.07, 6.45) is 1.60. The third-order valence-electron chi connectivity index (χ3n) is 3.06. The highest BCUT2D eigenvalue weighted by Gasteiger charge is 2.19. The van der Waals surface area contributed by atoms with Gasteiger partial charge in [-0.25, -0.2) is 4.68 Å². The SMILES string of the molecule is Cc1ccc(Oc2cnn(C(C)(C)C)c(=O)c2C)cc1. The summed E-state index contributed by atoms with van der Waals surface area (Å²) in [5.41, 5.74) is 1.26. The Labute approximate surface area is 119 Å². The van der Waals surface area contributed by atoms with Gasteiger partial charge in [-0.2, -0.15) is 5.10 Å². The zero-order valence-corrected chi connectivity index (χ0v) is 12.6. The van der Waals surface area contributed by atoms with Crippen molar-refractivity contribution in [1.29, 1.82) is 0 Å². The Morgan fingerprint density at radius 1 is 1.10 bits per heavy atom. The molecule has 0 bridgehead atoms. The van der Waals surface area contributed by atoms with E-state index in [1.165, 1.54) is 4.68 Å². The average molecular weight is 272 g/mol. The molecule has 1 aromatic heterocycles. The lowest BCUT2D eigenvalue weighted by Crippen LogP contribution is -2.36. The zero-order chi connectivity index (χ0) is 14.9. The minimum atomic E-state index is -0.343. The molecule has 1 heterocycles. The van der Waals surface area contributed by atoms with Crippen LogP contribution in [0.5, 0.6) is 11.5 Å². The topological polar surface area (TPSA) is 44.1 Å². The van der Waals surface area contributed by atoms with Crippen LogP contribution in [0, 0.1) is 13.8 Å². The number of hydrogen-bond donors (Lipinski definition) is 0. The molecule has 0 unspecified atom stereocenters. The summed E-state index contributed by atoms with van der Waals surface area (Å²) >= 11 is 0. The molecule has 0 spiro atoms. The molecule has 0 saturated carbocycles. The van der Waals surface area contributed by atoms with E-state index in [-0.39, 0.29) is 11.1 Å². The first kappa shape index (κ1) is 14.3. The van der Waals surface area contributed by atoms with Gasteiger partial charge in [0.25, 0.3) is 5.56 Å². The predicted molar refractivity (Wildman–Crippen MR) is 79.5 cm³/mol. The summed E-state index contributed by atoms with van der Waals surface area (Å²) in [6.45, 7) is 9.61. The van der Waals surface area contributed by atoms with Crippen LogP contribution >= 0.6 is 0 Å². The van der Waals surface area contributed by atoms with Crippen molar-refractivity contribution in [3.8, 4) is 11.5 Å². The van der Waals surface area contributed by atoms with E-state index in [9.17, 15) is 4.79 Å². The van der Waals surface area contributed by atoms with Crippen molar-refractivity contribution in [2.24, 2.45) is 0 Å². The molecule has 4 nitrogen and oxygen atoms in total. The Balaban J connectivity index is 2.37. The van der Waals surface area contributed by atoms with Gasteiger partial charge < -0.3 is 4.74 Å². The molecule has 0 radical (unpaired) electrons. The van der Waals surface area contributed by atoms with Crippen LogP contribution in [0.15, 0.2) is 35.3 Å². The van der Waals surface area contributed by atoms with Gasteiger partial charge in [0.15, 0.2) is 5.75 Å². The first-order chi connectivity index (χ1) is 9.29. The highest BCUT2D eigenvalue weighted by Crippen LogP contribution is 2.23. The van der Waals surface area contributed by atoms with Gasteiger partial charge in [0.05, 0.1) is 17.3 Å². The van der Waals surface area contributed by atoms with E-state index in [0.717, 1.165) is 5.56 Å². The lowest BCUT2D eigenvalue weighted by atomic mass is 10.1. The first-order valence-corrected chi connectivity index (χ1v) is 6.63. The number of aryl methyl sites for hydroxylation is 1. The number of rotatable bonds is 2. The lowest BCUT2D eigenvalue weighted by Gasteiger charge is -2.21. The lowest BCUT2D eigenvalue weighted by molar-refractivity contribution is 0.331. The molecule has 0 aliphatic carbocycles. The molecule has 20 heavy (non-hydrogen) atoms. The molecule has 0 amide bonds. The Hall–Kier alpha value is -2.10. The summed E-state index contributed by atoms with van der Waals surface area (Å²) in [5, 5.41) is 4.20.